The van der Waals surface area contributed by atoms with E-state index in [-0.39, 0.29) is 66.3 Å². The minimum Gasteiger partial charge on any atom is -0.345 e. The van der Waals surface area contributed by atoms with Crippen molar-refractivity contribution in [3.05, 3.63) is 12.7 Å². The molecule has 0 aromatic heterocycles. The molecule has 7 atom stereocenters. The molecule has 0 aromatic rings. The average molecular weight is 866 g/mol. The molecule has 12 nitrogen and oxygen atoms in total. The molecule has 338 valence electrons. The zero-order chi connectivity index (χ0) is 52.8. The number of piperidine rings is 1. The molecule has 0 aromatic carbocycles. The molecule has 2 aliphatic heterocycles. The summed E-state index contributed by atoms with van der Waals surface area (Å²) >= 11 is 0. The summed E-state index contributed by atoms with van der Waals surface area (Å²) in [6, 6.07) is -2.18. The largest absolute Gasteiger partial charge is 0.345 e. The number of Topliss-reactive ketones (excluding diaryl/α,β-unsaturated/α-hetero) is 2. The second-order valence-electron chi connectivity index (χ2n) is 20.9. The highest BCUT2D eigenvalue weighted by molar-refractivity contribution is 7.87. The second-order valence-corrected chi connectivity index (χ2v) is 22.4. The Morgan fingerprint density at radius 1 is 0.933 bits per heavy atom. The Morgan fingerprint density at radius 3 is 2.12 bits per heavy atom. The van der Waals surface area contributed by atoms with E-state index in [0.29, 0.717) is 6.42 Å². The Kier molecular flexibility index (Phi) is 9.95. The van der Waals surface area contributed by atoms with Crippen LogP contribution in [0.1, 0.15) is 172 Å². The van der Waals surface area contributed by atoms with Gasteiger partial charge in [0.25, 0.3) is 0 Å². The summed E-state index contributed by atoms with van der Waals surface area (Å²) in [4.78, 5) is 77.8. The Bertz CT molecular complexity index is 2160. The molecule has 0 bridgehead atoms. The van der Waals surface area contributed by atoms with Crippen LogP contribution in [0.2, 0.25) is 0 Å². The van der Waals surface area contributed by atoms with E-state index in [2.05, 4.69) is 44.5 Å². The van der Waals surface area contributed by atoms with E-state index in [1.807, 2.05) is 20.8 Å². The first kappa shape index (κ1) is 34.8. The lowest BCUT2D eigenvalue weighted by Crippen LogP contribution is -2.57. The first-order valence-electron chi connectivity index (χ1n) is 27.3. The van der Waals surface area contributed by atoms with Gasteiger partial charge in [0, 0.05) is 63.5 Å². The molecule has 0 unspecified atom stereocenters. The number of nitrogens with zero attached hydrogens (tertiary/aromatic N) is 3. The summed E-state index contributed by atoms with van der Waals surface area (Å²) in [5, 5.41) is 3.20. The van der Waals surface area contributed by atoms with Crippen molar-refractivity contribution >= 4 is 39.5 Å². The van der Waals surface area contributed by atoms with Gasteiger partial charge < -0.3 is 10.2 Å². The summed E-state index contributed by atoms with van der Waals surface area (Å²) in [7, 11) is -5.97. The van der Waals surface area contributed by atoms with Gasteiger partial charge in [-0.2, -0.15) is 12.7 Å². The maximum Gasteiger partial charge on any atom is 0.303 e. The molecule has 2 spiro atoms. The molecule has 4 aliphatic carbocycles. The fourth-order valence-corrected chi connectivity index (χ4v) is 13.2. The van der Waals surface area contributed by atoms with Crippen molar-refractivity contribution in [1.82, 2.24) is 24.1 Å². The van der Waals surface area contributed by atoms with E-state index in [9.17, 15) is 22.8 Å². The minimum absolute atomic E-state index is 0.110. The fraction of sp³-hybridized carbons (Fsp3) is 0.851. The van der Waals surface area contributed by atoms with Gasteiger partial charge in [-0.05, 0) is 99.8 Å². The van der Waals surface area contributed by atoms with E-state index in [0.717, 1.165) is 70.8 Å². The molecule has 3 amide bonds. The van der Waals surface area contributed by atoms with E-state index < -0.39 is 105 Å². The van der Waals surface area contributed by atoms with Crippen LogP contribution in [-0.2, 0) is 34.2 Å². The monoisotopic (exact) mass is 866 g/mol. The SMILES string of the molecule is [2H]C([2H])([2H])C([2H])([2H])N(C([2H])([2H])C([2H])([2H])[2H])S(=O)(=O)NC(=O)[C@@]1(CC(=O)[C@@H]2C[C@@]3(CN2C(=O)[C@@H](CC(=O)[C@@H](NC(=O)[C@@H]2CCCCN2C(C)C)C2CCCCC2)C(C)(C)C)C(C)(C)C32CCC2)C[C@H]1C=C. The Balaban J connectivity index is 1.32. The molecular weight excluding hydrogens is 779 g/mol. The molecule has 4 saturated carbocycles. The Labute approximate surface area is 375 Å². The molecule has 2 N–H and O–H groups in total. The maximum atomic E-state index is 15.5. The summed E-state index contributed by atoms with van der Waals surface area (Å²) < 4.78 is 107. The van der Waals surface area contributed by atoms with Crippen LogP contribution >= 0.6 is 0 Å². The van der Waals surface area contributed by atoms with Gasteiger partial charge in [-0.1, -0.05) is 86.5 Å². The van der Waals surface area contributed by atoms with E-state index in [1.165, 1.54) is 6.08 Å². The van der Waals surface area contributed by atoms with Crippen LogP contribution in [0.3, 0.4) is 0 Å². The van der Waals surface area contributed by atoms with Gasteiger partial charge in [0.1, 0.15) is 0 Å². The lowest BCUT2D eigenvalue weighted by atomic mass is 9.73. The number of hydrogen-bond donors (Lipinski definition) is 2. The molecular formula is C47H77N5O7S. The van der Waals surface area contributed by atoms with Gasteiger partial charge in [0.2, 0.25) is 17.7 Å². The Hall–Kier alpha value is -2.64. The lowest BCUT2D eigenvalue weighted by molar-refractivity contribution is -0.147. The van der Waals surface area contributed by atoms with Gasteiger partial charge in [0.05, 0.1) is 23.5 Å². The highest BCUT2D eigenvalue weighted by Gasteiger charge is 2.85. The van der Waals surface area contributed by atoms with Gasteiger partial charge in [-0.3, -0.25) is 28.9 Å². The number of hydrogen-bond acceptors (Lipinski definition) is 8. The molecule has 60 heavy (non-hydrogen) atoms. The molecule has 6 rings (SSSR count). The molecule has 2 saturated heterocycles. The standard InChI is InChI=1S/C47H77N5O7S/c1-11-33-27-45(33,42(57)49-60(58,59)50(12-2)13-3)29-38(54)36-28-47(44(9,10)46(47)23-19-24-46)30-52(36)41(56)34(43(6,7)8)26-37(53)39(32-20-15-14-16-21-32)48-40(55)35-22-17-18-25-51(35)31(4)5/h11,31-36,39H,1,12-30H2,2-10H3,(H,48,55)(H,49,57)/t33-,34-,35+,36+,39+,45-,47-/m1/s1/i2D3,3D3,12D2,13D2. The van der Waals surface area contributed by atoms with Crippen LogP contribution in [0, 0.1) is 44.8 Å². The topological polar surface area (TPSA) is 153 Å². The third-order valence-electron chi connectivity index (χ3n) is 16.5. The molecule has 6 fully saturated rings. The van der Waals surface area contributed by atoms with E-state index >= 15 is 9.59 Å². The van der Waals surface area contributed by atoms with Crippen LogP contribution in [0.4, 0.5) is 0 Å². The number of likely N-dealkylation sites (tertiary alicyclic amines) is 2. The van der Waals surface area contributed by atoms with Crippen LogP contribution in [0.15, 0.2) is 12.7 Å². The average Bonchev–Trinajstić information content (AvgIpc) is 3.95. The van der Waals surface area contributed by atoms with Gasteiger partial charge in [-0.25, -0.2) is 4.72 Å². The number of rotatable bonds is 17. The van der Waals surface area contributed by atoms with Crippen molar-refractivity contribution in [1.29, 1.82) is 0 Å². The predicted octanol–water partition coefficient (Wildman–Crippen LogP) is 6.59. The van der Waals surface area contributed by atoms with Crippen molar-refractivity contribution in [2.75, 3.05) is 26.1 Å². The van der Waals surface area contributed by atoms with Crippen LogP contribution in [-0.4, -0.2) is 102 Å². The summed E-state index contributed by atoms with van der Waals surface area (Å²) in [5.74, 6) is -4.76. The molecule has 13 heteroatoms. The van der Waals surface area contributed by atoms with Crippen molar-refractivity contribution in [3.63, 3.8) is 0 Å². The molecule has 6 aliphatic rings. The van der Waals surface area contributed by atoms with Crippen LogP contribution < -0.4 is 10.0 Å². The van der Waals surface area contributed by atoms with Gasteiger partial charge in [0.15, 0.2) is 11.6 Å². The van der Waals surface area contributed by atoms with E-state index in [1.54, 1.807) is 9.62 Å². The third kappa shape index (κ3) is 8.07. The van der Waals surface area contributed by atoms with Crippen molar-refractivity contribution in [3.8, 4) is 0 Å². The van der Waals surface area contributed by atoms with Gasteiger partial charge in [-0.15, -0.1) is 6.58 Å². The summed E-state index contributed by atoms with van der Waals surface area (Å²) in [6.45, 7) is 2.45. The first-order valence-corrected chi connectivity index (χ1v) is 23.8. The number of nitrogens with one attached hydrogen (secondary N) is 2. The lowest BCUT2D eigenvalue weighted by Gasteiger charge is -2.40. The number of allylic oxidation sites excluding steroid dienone is 1. The maximum absolute atomic E-state index is 15.5. The smallest absolute Gasteiger partial charge is 0.303 e. The molecule has 2 heterocycles. The van der Waals surface area contributed by atoms with Crippen molar-refractivity contribution in [2.24, 2.45) is 44.8 Å². The van der Waals surface area contributed by atoms with Crippen molar-refractivity contribution in [2.45, 2.75) is 183 Å². The highest BCUT2D eigenvalue weighted by atomic mass is 32.2. The number of ketones is 2. The van der Waals surface area contributed by atoms with Crippen LogP contribution in [0.25, 0.3) is 0 Å². The third-order valence-corrected chi connectivity index (χ3v) is 17.6. The normalized spacial score (nSPS) is 34.5. The number of fused-ring (bicyclic) bond motifs is 1. The number of carbonyl (C=O) groups excluding carboxylic acids is 5. The second kappa shape index (κ2) is 17.1. The highest BCUT2D eigenvalue weighted by Crippen LogP contribution is 2.88. The zero-order valence-corrected chi connectivity index (χ0v) is 37.8. The van der Waals surface area contributed by atoms with Crippen LogP contribution in [0.5, 0.6) is 0 Å². The van der Waals surface area contributed by atoms with Gasteiger partial charge >= 0.3 is 10.2 Å². The Morgan fingerprint density at radius 2 is 1.58 bits per heavy atom. The predicted molar refractivity (Wildman–Crippen MR) is 234 cm³/mol. The molecule has 0 radical (unpaired) electrons. The van der Waals surface area contributed by atoms with E-state index in [4.69, 9.17) is 13.7 Å². The number of amides is 3. The summed E-state index contributed by atoms with van der Waals surface area (Å²) in [6.07, 6.45) is 10.2. The minimum atomic E-state index is -5.97. The zero-order valence-electron chi connectivity index (χ0n) is 47.0. The number of carbonyl (C=O) groups is 5. The summed E-state index contributed by atoms with van der Waals surface area (Å²) in [5.41, 5.74) is -3.66. The van der Waals surface area contributed by atoms with Crippen molar-refractivity contribution < 1.29 is 46.1 Å². The first-order chi connectivity index (χ1) is 31.9. The fourth-order valence-electron chi connectivity index (χ4n) is 12.5. The quantitative estimate of drug-likeness (QED) is 0.156.